The van der Waals surface area contributed by atoms with Gasteiger partial charge in [0.05, 0.1) is 6.54 Å². The minimum absolute atomic E-state index is 0.0341. The van der Waals surface area contributed by atoms with Crippen LogP contribution in [-0.4, -0.2) is 27.0 Å². The largest absolute Gasteiger partial charge is 0.349 e. The van der Waals surface area contributed by atoms with Crippen LogP contribution in [0.25, 0.3) is 11.1 Å². The van der Waals surface area contributed by atoms with E-state index in [2.05, 4.69) is 10.6 Å². The summed E-state index contributed by atoms with van der Waals surface area (Å²) in [5.41, 5.74) is 2.76. The fourth-order valence-corrected chi connectivity index (χ4v) is 3.99. The summed E-state index contributed by atoms with van der Waals surface area (Å²) < 4.78 is 2.30. The molecule has 1 atom stereocenters. The van der Waals surface area contributed by atoms with E-state index in [9.17, 15) is 19.2 Å². The van der Waals surface area contributed by atoms with Crippen molar-refractivity contribution >= 4 is 11.8 Å². The highest BCUT2D eigenvalue weighted by molar-refractivity contribution is 5.98. The van der Waals surface area contributed by atoms with Crippen molar-refractivity contribution in [1.82, 2.24) is 19.8 Å². The number of carbonyl (C=O) groups excluding carboxylic acids is 2. The van der Waals surface area contributed by atoms with Crippen molar-refractivity contribution in [2.24, 2.45) is 14.1 Å². The smallest absolute Gasteiger partial charge is 0.330 e. The van der Waals surface area contributed by atoms with Gasteiger partial charge in [0.2, 0.25) is 5.91 Å². The number of carbonyl (C=O) groups is 2. The van der Waals surface area contributed by atoms with Crippen molar-refractivity contribution in [2.45, 2.75) is 19.0 Å². The number of aromatic nitrogens is 2. The molecule has 8 nitrogen and oxygen atoms in total. The Morgan fingerprint density at radius 1 is 0.784 bits per heavy atom. The molecule has 188 valence electrons. The Morgan fingerprint density at radius 3 is 2.03 bits per heavy atom. The van der Waals surface area contributed by atoms with E-state index in [0.717, 1.165) is 21.3 Å². The third kappa shape index (κ3) is 6.10. The van der Waals surface area contributed by atoms with Crippen LogP contribution in [0.4, 0.5) is 0 Å². The van der Waals surface area contributed by atoms with Gasteiger partial charge in [0.25, 0.3) is 11.5 Å². The van der Waals surface area contributed by atoms with Crippen molar-refractivity contribution < 1.29 is 9.59 Å². The molecular formula is C29H28N4O4. The van der Waals surface area contributed by atoms with Crippen molar-refractivity contribution in [3.8, 4) is 11.1 Å². The average Bonchev–Trinajstić information content (AvgIpc) is 2.93. The molecule has 0 aliphatic heterocycles. The zero-order valence-corrected chi connectivity index (χ0v) is 20.7. The van der Waals surface area contributed by atoms with Gasteiger partial charge in [0.1, 0.15) is 6.04 Å². The van der Waals surface area contributed by atoms with Gasteiger partial charge in [-0.15, -0.1) is 0 Å². The molecule has 3 aromatic carbocycles. The Labute approximate surface area is 214 Å². The Bertz CT molecular complexity index is 1510. The summed E-state index contributed by atoms with van der Waals surface area (Å²) in [7, 11) is 2.93. The number of nitrogens with one attached hydrogen (secondary N) is 2. The highest BCUT2D eigenvalue weighted by Crippen LogP contribution is 2.19. The van der Waals surface area contributed by atoms with Crippen LogP contribution in [0.1, 0.15) is 21.6 Å². The van der Waals surface area contributed by atoms with Crippen LogP contribution < -0.4 is 21.9 Å². The third-order valence-corrected chi connectivity index (χ3v) is 6.23. The summed E-state index contributed by atoms with van der Waals surface area (Å²) in [5.74, 6) is -0.803. The predicted octanol–water partition coefficient (Wildman–Crippen LogP) is 2.41. The predicted molar refractivity (Wildman–Crippen MR) is 142 cm³/mol. The SMILES string of the molecule is Cn1c(CNC(=O)[C@H](Cc2ccccc2)NC(=O)c2ccc(-c3ccccc3)cc2)cc(=O)n(C)c1=O. The molecule has 4 rings (SSSR count). The second kappa shape index (κ2) is 11.3. The highest BCUT2D eigenvalue weighted by atomic mass is 16.2. The average molecular weight is 497 g/mol. The fraction of sp³-hybridized carbons (Fsp3) is 0.172. The molecule has 2 N–H and O–H groups in total. The summed E-state index contributed by atoms with van der Waals surface area (Å²) in [6, 6.07) is 26.8. The minimum atomic E-state index is -0.868. The lowest BCUT2D eigenvalue weighted by Crippen LogP contribution is -2.48. The zero-order chi connectivity index (χ0) is 26.4. The molecule has 0 bridgehead atoms. The van der Waals surface area contributed by atoms with Gasteiger partial charge in [-0.1, -0.05) is 72.8 Å². The van der Waals surface area contributed by atoms with Crippen LogP contribution in [0.3, 0.4) is 0 Å². The molecular weight excluding hydrogens is 468 g/mol. The van der Waals surface area contributed by atoms with Crippen molar-refractivity contribution in [3.05, 3.63) is 129 Å². The molecule has 37 heavy (non-hydrogen) atoms. The van der Waals surface area contributed by atoms with E-state index in [4.69, 9.17) is 0 Å². The normalized spacial score (nSPS) is 11.5. The highest BCUT2D eigenvalue weighted by Gasteiger charge is 2.22. The molecule has 0 saturated heterocycles. The monoisotopic (exact) mass is 496 g/mol. The summed E-state index contributed by atoms with van der Waals surface area (Å²) in [6.07, 6.45) is 0.274. The molecule has 0 radical (unpaired) electrons. The number of benzene rings is 3. The molecule has 0 spiro atoms. The first-order valence-electron chi connectivity index (χ1n) is 11.9. The molecule has 1 aromatic heterocycles. The first kappa shape index (κ1) is 25.4. The van der Waals surface area contributed by atoms with Crippen molar-refractivity contribution in [3.63, 3.8) is 0 Å². The summed E-state index contributed by atoms with van der Waals surface area (Å²) in [5, 5.41) is 5.60. The topological polar surface area (TPSA) is 102 Å². The van der Waals surface area contributed by atoms with Crippen LogP contribution >= 0.6 is 0 Å². The zero-order valence-electron chi connectivity index (χ0n) is 20.7. The van der Waals surface area contributed by atoms with Gasteiger partial charge in [-0.05, 0) is 28.8 Å². The van der Waals surface area contributed by atoms with E-state index in [0.29, 0.717) is 11.3 Å². The molecule has 8 heteroatoms. The van der Waals surface area contributed by atoms with Gasteiger partial charge in [-0.25, -0.2) is 4.79 Å². The van der Waals surface area contributed by atoms with Crippen LogP contribution in [0, 0.1) is 0 Å². The second-order valence-electron chi connectivity index (χ2n) is 8.75. The Kier molecular flexibility index (Phi) is 7.78. The van der Waals surface area contributed by atoms with Crippen LogP contribution in [0.15, 0.2) is 101 Å². The van der Waals surface area contributed by atoms with Gasteiger partial charge in [-0.2, -0.15) is 0 Å². The summed E-state index contributed by atoms with van der Waals surface area (Å²) >= 11 is 0. The fourth-order valence-electron chi connectivity index (χ4n) is 3.99. The van der Waals surface area contributed by atoms with E-state index in [1.807, 2.05) is 72.8 Å². The maximum absolute atomic E-state index is 13.2. The number of hydrogen-bond acceptors (Lipinski definition) is 4. The molecule has 1 heterocycles. The van der Waals surface area contributed by atoms with Crippen LogP contribution in [0.2, 0.25) is 0 Å². The summed E-state index contributed by atoms with van der Waals surface area (Å²) in [6.45, 7) is -0.0341. The number of amides is 2. The second-order valence-corrected chi connectivity index (χ2v) is 8.75. The van der Waals surface area contributed by atoms with Gasteiger partial charge in [0, 0.05) is 37.8 Å². The van der Waals surface area contributed by atoms with Gasteiger partial charge in [0.15, 0.2) is 0 Å². The molecule has 0 fully saturated rings. The lowest BCUT2D eigenvalue weighted by atomic mass is 10.0. The first-order valence-corrected chi connectivity index (χ1v) is 11.9. The van der Waals surface area contributed by atoms with E-state index in [-0.39, 0.29) is 18.9 Å². The molecule has 0 aliphatic rings. The lowest BCUT2D eigenvalue weighted by Gasteiger charge is -2.19. The maximum Gasteiger partial charge on any atom is 0.330 e. The quantitative estimate of drug-likeness (QED) is 0.391. The summed E-state index contributed by atoms with van der Waals surface area (Å²) in [4.78, 5) is 50.5. The minimum Gasteiger partial charge on any atom is -0.349 e. The van der Waals surface area contributed by atoms with E-state index >= 15 is 0 Å². The van der Waals surface area contributed by atoms with Crippen LogP contribution in [-0.2, 0) is 31.9 Å². The Morgan fingerprint density at radius 2 is 1.38 bits per heavy atom. The van der Waals surface area contributed by atoms with Crippen LogP contribution in [0.5, 0.6) is 0 Å². The molecule has 4 aromatic rings. The Balaban J connectivity index is 1.51. The number of nitrogens with zero attached hydrogens (tertiary/aromatic N) is 2. The molecule has 0 saturated carbocycles. The van der Waals surface area contributed by atoms with Crippen molar-refractivity contribution in [2.75, 3.05) is 0 Å². The standard InChI is InChI=1S/C29H28N4O4/c1-32-24(18-26(34)33(2)29(32)37)19-30-28(36)25(17-20-9-5-3-6-10-20)31-27(35)23-15-13-22(14-16-23)21-11-7-4-8-12-21/h3-16,18,25H,17,19H2,1-2H3,(H,30,36)(H,31,35)/t25-/m0/s1. The van der Waals surface area contributed by atoms with Gasteiger partial charge >= 0.3 is 5.69 Å². The van der Waals surface area contributed by atoms with Gasteiger partial charge in [-0.3, -0.25) is 23.5 Å². The number of hydrogen-bond donors (Lipinski definition) is 2. The van der Waals surface area contributed by atoms with Gasteiger partial charge < -0.3 is 10.6 Å². The molecule has 0 unspecified atom stereocenters. The van der Waals surface area contributed by atoms with E-state index in [1.54, 1.807) is 12.1 Å². The Hall–Kier alpha value is -4.72. The lowest BCUT2D eigenvalue weighted by molar-refractivity contribution is -0.123. The van der Waals surface area contributed by atoms with E-state index < -0.39 is 23.2 Å². The molecule has 2 amide bonds. The molecule has 0 aliphatic carbocycles. The number of rotatable bonds is 8. The van der Waals surface area contributed by atoms with E-state index in [1.165, 1.54) is 24.7 Å². The maximum atomic E-state index is 13.2. The first-order chi connectivity index (χ1) is 17.8. The van der Waals surface area contributed by atoms with Crippen molar-refractivity contribution in [1.29, 1.82) is 0 Å². The third-order valence-electron chi connectivity index (χ3n) is 6.23.